The Balaban J connectivity index is 1.62. The number of likely N-dealkylation sites (N-methyl/N-ethyl adjacent to an activating group) is 1. The summed E-state index contributed by atoms with van der Waals surface area (Å²) in [5.74, 6) is 0. The van der Waals surface area contributed by atoms with Gasteiger partial charge in [-0.05, 0) is 20.0 Å². The smallest absolute Gasteiger partial charge is 0.107 e. The molecule has 1 atom stereocenters. The maximum absolute atomic E-state index is 10.4. The first-order valence-corrected chi connectivity index (χ1v) is 8.14. The van der Waals surface area contributed by atoms with Crippen molar-refractivity contribution in [2.24, 2.45) is 0 Å². The van der Waals surface area contributed by atoms with Gasteiger partial charge in [-0.2, -0.15) is 0 Å². The molecule has 2 N–H and O–H groups in total. The van der Waals surface area contributed by atoms with E-state index in [2.05, 4.69) is 27.7 Å². The summed E-state index contributed by atoms with van der Waals surface area (Å²) in [4.78, 5) is 6.85. The molecule has 3 rings (SSSR count). The molecule has 0 saturated carbocycles. The molecular weight excluding hydrogens is 282 g/mol. The SMILES string of the molecule is CN(Cc1nc(-c2ccccc2)cs1)C[C@]1(O)CCNC1. The zero-order chi connectivity index (χ0) is 14.7. The van der Waals surface area contributed by atoms with Crippen LogP contribution in [0.15, 0.2) is 35.7 Å². The number of β-amino-alcohol motifs (C(OH)–C–C–N with tert-alkyl or cyclic N) is 1. The second-order valence-electron chi connectivity index (χ2n) is 5.82. The lowest BCUT2D eigenvalue weighted by atomic mass is 10.0. The molecule has 1 aromatic heterocycles. The Hall–Kier alpha value is -1.27. The van der Waals surface area contributed by atoms with Crippen molar-refractivity contribution in [2.75, 3.05) is 26.7 Å². The van der Waals surface area contributed by atoms with Gasteiger partial charge < -0.3 is 10.4 Å². The summed E-state index contributed by atoms with van der Waals surface area (Å²) in [6.45, 7) is 3.05. The molecule has 1 aliphatic rings. The lowest BCUT2D eigenvalue weighted by Crippen LogP contribution is -2.42. The minimum absolute atomic E-state index is 0.589. The van der Waals surface area contributed by atoms with Crippen LogP contribution < -0.4 is 5.32 Å². The van der Waals surface area contributed by atoms with E-state index in [1.807, 2.05) is 25.2 Å². The van der Waals surface area contributed by atoms with E-state index in [0.29, 0.717) is 13.1 Å². The first kappa shape index (κ1) is 14.7. The average Bonchev–Trinajstić information content (AvgIpc) is 3.09. The molecule has 0 radical (unpaired) electrons. The highest BCUT2D eigenvalue weighted by atomic mass is 32.1. The van der Waals surface area contributed by atoms with E-state index >= 15 is 0 Å². The van der Waals surface area contributed by atoms with Crippen LogP contribution in [0.25, 0.3) is 11.3 Å². The number of nitrogens with zero attached hydrogens (tertiary/aromatic N) is 2. The van der Waals surface area contributed by atoms with Crippen molar-refractivity contribution in [3.05, 3.63) is 40.7 Å². The molecule has 1 aromatic carbocycles. The Morgan fingerprint density at radius 1 is 1.38 bits per heavy atom. The van der Waals surface area contributed by atoms with Crippen LogP contribution in [0.5, 0.6) is 0 Å². The van der Waals surface area contributed by atoms with Crippen LogP contribution in [0.2, 0.25) is 0 Å². The van der Waals surface area contributed by atoms with Gasteiger partial charge in [-0.15, -0.1) is 11.3 Å². The summed E-state index contributed by atoms with van der Waals surface area (Å²) in [5.41, 5.74) is 1.60. The summed E-state index contributed by atoms with van der Waals surface area (Å²) in [6, 6.07) is 10.2. The summed E-state index contributed by atoms with van der Waals surface area (Å²) < 4.78 is 0. The van der Waals surface area contributed by atoms with Crippen LogP contribution in [-0.4, -0.2) is 47.3 Å². The number of hydrogen-bond donors (Lipinski definition) is 2. The van der Waals surface area contributed by atoms with Gasteiger partial charge in [0.15, 0.2) is 0 Å². The van der Waals surface area contributed by atoms with Crippen molar-refractivity contribution in [2.45, 2.75) is 18.6 Å². The monoisotopic (exact) mass is 303 g/mol. The van der Waals surface area contributed by atoms with E-state index in [1.54, 1.807) is 11.3 Å². The molecule has 1 saturated heterocycles. The van der Waals surface area contributed by atoms with Crippen molar-refractivity contribution >= 4 is 11.3 Å². The van der Waals surface area contributed by atoms with Gasteiger partial charge in [-0.3, -0.25) is 4.90 Å². The van der Waals surface area contributed by atoms with Crippen LogP contribution in [0.4, 0.5) is 0 Å². The van der Waals surface area contributed by atoms with Crippen LogP contribution >= 0.6 is 11.3 Å². The molecule has 112 valence electrons. The highest BCUT2D eigenvalue weighted by molar-refractivity contribution is 7.09. The number of nitrogens with one attached hydrogen (secondary N) is 1. The molecule has 4 nitrogen and oxygen atoms in total. The van der Waals surface area contributed by atoms with E-state index in [0.717, 1.165) is 35.8 Å². The zero-order valence-corrected chi connectivity index (χ0v) is 13.1. The number of aliphatic hydroxyl groups is 1. The molecule has 0 bridgehead atoms. The van der Waals surface area contributed by atoms with E-state index in [4.69, 9.17) is 4.98 Å². The minimum atomic E-state index is -0.589. The van der Waals surface area contributed by atoms with Crippen molar-refractivity contribution in [3.63, 3.8) is 0 Å². The highest BCUT2D eigenvalue weighted by Crippen LogP contribution is 2.23. The third-order valence-corrected chi connectivity index (χ3v) is 4.65. The predicted molar refractivity (Wildman–Crippen MR) is 86.3 cm³/mol. The predicted octanol–water partition coefficient (Wildman–Crippen LogP) is 1.97. The van der Waals surface area contributed by atoms with Crippen LogP contribution in [0.1, 0.15) is 11.4 Å². The molecule has 2 aromatic rings. The minimum Gasteiger partial charge on any atom is -0.387 e. The summed E-state index contributed by atoms with van der Waals surface area (Å²) in [7, 11) is 2.04. The summed E-state index contributed by atoms with van der Waals surface area (Å²) in [5, 5.41) is 16.8. The second-order valence-corrected chi connectivity index (χ2v) is 6.76. The van der Waals surface area contributed by atoms with Crippen LogP contribution in [-0.2, 0) is 6.54 Å². The molecule has 1 fully saturated rings. The van der Waals surface area contributed by atoms with Crippen molar-refractivity contribution < 1.29 is 5.11 Å². The van der Waals surface area contributed by atoms with Gasteiger partial charge in [0.25, 0.3) is 0 Å². The van der Waals surface area contributed by atoms with Gasteiger partial charge in [-0.1, -0.05) is 30.3 Å². The summed E-state index contributed by atoms with van der Waals surface area (Å²) in [6.07, 6.45) is 0.824. The third-order valence-electron chi connectivity index (χ3n) is 3.81. The third kappa shape index (κ3) is 3.68. The molecule has 5 heteroatoms. The Bertz CT molecular complexity index is 578. The van der Waals surface area contributed by atoms with E-state index in [9.17, 15) is 5.11 Å². The molecule has 2 heterocycles. The molecule has 1 aliphatic heterocycles. The lowest BCUT2D eigenvalue weighted by molar-refractivity contribution is 0.0264. The largest absolute Gasteiger partial charge is 0.387 e. The van der Waals surface area contributed by atoms with Crippen LogP contribution in [0, 0.1) is 0 Å². The van der Waals surface area contributed by atoms with Crippen LogP contribution in [0.3, 0.4) is 0 Å². The Morgan fingerprint density at radius 3 is 2.90 bits per heavy atom. The maximum Gasteiger partial charge on any atom is 0.107 e. The fourth-order valence-electron chi connectivity index (χ4n) is 2.78. The number of rotatable bonds is 5. The molecule has 21 heavy (non-hydrogen) atoms. The molecule has 0 amide bonds. The Morgan fingerprint density at radius 2 is 2.19 bits per heavy atom. The van der Waals surface area contributed by atoms with Gasteiger partial charge in [0.2, 0.25) is 0 Å². The Kier molecular flexibility index (Phi) is 4.35. The molecule has 0 unspecified atom stereocenters. The second kappa shape index (κ2) is 6.23. The lowest BCUT2D eigenvalue weighted by Gasteiger charge is -2.27. The molecular formula is C16H21N3OS. The van der Waals surface area contributed by atoms with Gasteiger partial charge in [0, 0.05) is 24.0 Å². The average molecular weight is 303 g/mol. The van der Waals surface area contributed by atoms with Crippen molar-refractivity contribution in [3.8, 4) is 11.3 Å². The van der Waals surface area contributed by atoms with Gasteiger partial charge >= 0.3 is 0 Å². The topological polar surface area (TPSA) is 48.4 Å². The Labute approximate surface area is 129 Å². The number of benzene rings is 1. The van der Waals surface area contributed by atoms with Gasteiger partial charge in [0.05, 0.1) is 17.8 Å². The number of aromatic nitrogens is 1. The quantitative estimate of drug-likeness (QED) is 0.886. The number of thiazole rings is 1. The normalized spacial score (nSPS) is 22.0. The van der Waals surface area contributed by atoms with Crippen molar-refractivity contribution in [1.29, 1.82) is 0 Å². The van der Waals surface area contributed by atoms with Gasteiger partial charge in [-0.25, -0.2) is 4.98 Å². The highest BCUT2D eigenvalue weighted by Gasteiger charge is 2.32. The molecule has 0 aliphatic carbocycles. The first-order chi connectivity index (χ1) is 10.1. The maximum atomic E-state index is 10.4. The van der Waals surface area contributed by atoms with E-state index < -0.39 is 5.60 Å². The fraction of sp³-hybridized carbons (Fsp3) is 0.438. The molecule has 0 spiro atoms. The summed E-state index contributed by atoms with van der Waals surface area (Å²) >= 11 is 1.68. The van der Waals surface area contributed by atoms with Gasteiger partial charge in [0.1, 0.15) is 5.01 Å². The standard InChI is InChI=1S/C16H21N3OS/c1-19(12-16(20)7-8-17-11-16)9-15-18-14(10-21-15)13-5-3-2-4-6-13/h2-6,10,17,20H,7-9,11-12H2,1H3/t16-/m0/s1. The van der Waals surface area contributed by atoms with E-state index in [-0.39, 0.29) is 0 Å². The zero-order valence-electron chi connectivity index (χ0n) is 12.2. The van der Waals surface area contributed by atoms with E-state index in [1.165, 1.54) is 0 Å². The van der Waals surface area contributed by atoms with Crippen molar-refractivity contribution in [1.82, 2.24) is 15.2 Å². The fourth-order valence-corrected chi connectivity index (χ4v) is 3.66. The number of hydrogen-bond acceptors (Lipinski definition) is 5. The first-order valence-electron chi connectivity index (χ1n) is 7.26.